The number of amides is 1. The summed E-state index contributed by atoms with van der Waals surface area (Å²) in [7, 11) is 1.38. The maximum absolute atomic E-state index is 13.0. The van der Waals surface area contributed by atoms with E-state index in [9.17, 15) is 19.8 Å². The molecule has 0 saturated carbocycles. The Kier molecular flexibility index (Phi) is 5.28. The summed E-state index contributed by atoms with van der Waals surface area (Å²) >= 11 is 3.27. The first-order valence-corrected chi connectivity index (χ1v) is 9.99. The minimum Gasteiger partial charge on any atom is -0.507 e. The predicted molar refractivity (Wildman–Crippen MR) is 115 cm³/mol. The molecule has 158 valence electrons. The van der Waals surface area contributed by atoms with Crippen molar-refractivity contribution in [3.63, 3.8) is 0 Å². The number of nitrogens with zero attached hydrogens (tertiary/aromatic N) is 2. The molecule has 0 radical (unpaired) electrons. The lowest BCUT2D eigenvalue weighted by Gasteiger charge is -2.23. The van der Waals surface area contributed by atoms with Gasteiger partial charge in [0, 0.05) is 11.6 Å². The van der Waals surface area contributed by atoms with Crippen molar-refractivity contribution in [2.45, 2.75) is 13.0 Å². The number of Topliss-reactive ketones (excluding diaryl/α,β-unsaturated/α-hetero) is 1. The van der Waals surface area contributed by atoms with Crippen LogP contribution in [0.4, 0.5) is 5.82 Å². The van der Waals surface area contributed by atoms with E-state index < -0.39 is 17.7 Å². The number of methoxy groups -OCH3 is 1. The number of hydrogen-bond donors (Lipinski definition) is 2. The SMILES string of the molecule is COc1cc([C@@H]2C(=C(O)c3ccccc3)C(=O)C(=O)N2c2cc(C)on2)cc(Br)c1O. The van der Waals surface area contributed by atoms with Crippen LogP contribution in [0.3, 0.4) is 0 Å². The molecule has 2 aromatic carbocycles. The van der Waals surface area contributed by atoms with Crippen LogP contribution >= 0.6 is 15.9 Å². The number of aryl methyl sites for hydroxylation is 1. The van der Waals surface area contributed by atoms with Gasteiger partial charge in [-0.15, -0.1) is 0 Å². The van der Waals surface area contributed by atoms with Gasteiger partial charge in [0.2, 0.25) is 0 Å². The summed E-state index contributed by atoms with van der Waals surface area (Å²) in [6, 6.07) is 12.0. The molecule has 1 aromatic heterocycles. The van der Waals surface area contributed by atoms with E-state index in [2.05, 4.69) is 21.1 Å². The molecule has 0 aliphatic carbocycles. The van der Waals surface area contributed by atoms with Crippen LogP contribution in [0.5, 0.6) is 11.5 Å². The molecular weight excluding hydrogens is 468 g/mol. The van der Waals surface area contributed by atoms with Crippen LogP contribution in [0.2, 0.25) is 0 Å². The molecular formula is C22H17BrN2O6. The molecule has 4 rings (SSSR count). The summed E-state index contributed by atoms with van der Waals surface area (Å²) in [4.78, 5) is 27.2. The third-order valence-electron chi connectivity index (χ3n) is 4.94. The molecule has 3 aromatic rings. The number of anilines is 1. The molecule has 1 aliphatic heterocycles. The number of phenols is 1. The van der Waals surface area contributed by atoms with E-state index in [1.807, 2.05) is 0 Å². The van der Waals surface area contributed by atoms with E-state index in [0.29, 0.717) is 21.4 Å². The van der Waals surface area contributed by atoms with Crippen LogP contribution in [-0.4, -0.2) is 34.2 Å². The monoisotopic (exact) mass is 484 g/mol. The lowest BCUT2D eigenvalue weighted by molar-refractivity contribution is -0.132. The summed E-state index contributed by atoms with van der Waals surface area (Å²) in [5.74, 6) is -1.48. The van der Waals surface area contributed by atoms with Crippen LogP contribution in [-0.2, 0) is 9.59 Å². The predicted octanol–water partition coefficient (Wildman–Crippen LogP) is 4.09. The van der Waals surface area contributed by atoms with Crippen molar-refractivity contribution < 1.29 is 29.1 Å². The van der Waals surface area contributed by atoms with Crippen molar-refractivity contribution >= 4 is 39.2 Å². The molecule has 0 spiro atoms. The number of aromatic nitrogens is 1. The molecule has 2 N–H and O–H groups in total. The lowest BCUT2D eigenvalue weighted by Crippen LogP contribution is -2.29. The van der Waals surface area contributed by atoms with Gasteiger partial charge in [0.25, 0.3) is 5.78 Å². The maximum Gasteiger partial charge on any atom is 0.301 e. The molecule has 1 saturated heterocycles. The Morgan fingerprint density at radius 2 is 1.90 bits per heavy atom. The van der Waals surface area contributed by atoms with Crippen LogP contribution in [0.15, 0.2) is 63.1 Å². The second-order valence-corrected chi connectivity index (χ2v) is 7.74. The minimum absolute atomic E-state index is 0.114. The Labute approximate surface area is 185 Å². The molecule has 9 heteroatoms. The fraction of sp³-hybridized carbons (Fsp3) is 0.136. The Bertz CT molecular complexity index is 1220. The highest BCUT2D eigenvalue weighted by Gasteiger charge is 2.48. The Hall–Kier alpha value is -3.59. The van der Waals surface area contributed by atoms with Gasteiger partial charge >= 0.3 is 5.91 Å². The lowest BCUT2D eigenvalue weighted by atomic mass is 9.95. The van der Waals surface area contributed by atoms with E-state index in [0.717, 1.165) is 4.90 Å². The molecule has 31 heavy (non-hydrogen) atoms. The van der Waals surface area contributed by atoms with Gasteiger partial charge in [-0.1, -0.05) is 35.5 Å². The van der Waals surface area contributed by atoms with Crippen molar-refractivity contribution in [2.24, 2.45) is 0 Å². The second-order valence-electron chi connectivity index (χ2n) is 6.88. The van der Waals surface area contributed by atoms with E-state index in [4.69, 9.17) is 9.26 Å². The van der Waals surface area contributed by atoms with Gasteiger partial charge in [-0.05, 0) is 40.5 Å². The average molecular weight is 485 g/mol. The quantitative estimate of drug-likeness (QED) is 0.325. The highest BCUT2D eigenvalue weighted by molar-refractivity contribution is 9.10. The maximum atomic E-state index is 13.0. The van der Waals surface area contributed by atoms with Gasteiger partial charge < -0.3 is 19.5 Å². The number of rotatable bonds is 4. The first-order chi connectivity index (χ1) is 14.8. The second kappa shape index (κ2) is 7.92. The number of aliphatic hydroxyl groups is 1. The van der Waals surface area contributed by atoms with Crippen molar-refractivity contribution in [3.8, 4) is 11.5 Å². The zero-order valence-electron chi connectivity index (χ0n) is 16.5. The van der Waals surface area contributed by atoms with Crippen molar-refractivity contribution in [1.82, 2.24) is 5.16 Å². The van der Waals surface area contributed by atoms with Gasteiger partial charge in [-0.2, -0.15) is 0 Å². The number of aliphatic hydroxyl groups excluding tert-OH is 1. The molecule has 1 atom stereocenters. The van der Waals surface area contributed by atoms with Crippen LogP contribution in [0.1, 0.15) is 22.9 Å². The molecule has 1 fully saturated rings. The van der Waals surface area contributed by atoms with Gasteiger partial charge in [-0.3, -0.25) is 14.5 Å². The van der Waals surface area contributed by atoms with E-state index in [1.165, 1.54) is 19.2 Å². The largest absolute Gasteiger partial charge is 0.507 e. The average Bonchev–Trinajstić information content (AvgIpc) is 3.31. The van der Waals surface area contributed by atoms with Crippen LogP contribution in [0, 0.1) is 6.92 Å². The van der Waals surface area contributed by atoms with Gasteiger partial charge in [0.1, 0.15) is 11.5 Å². The van der Waals surface area contributed by atoms with Gasteiger partial charge in [-0.25, -0.2) is 0 Å². The highest BCUT2D eigenvalue weighted by atomic mass is 79.9. The highest BCUT2D eigenvalue weighted by Crippen LogP contribution is 2.45. The summed E-state index contributed by atoms with van der Waals surface area (Å²) < 4.78 is 10.6. The number of phenolic OH excluding ortho intramolecular Hbond substituents is 1. The number of aromatic hydroxyl groups is 1. The molecule has 0 unspecified atom stereocenters. The Morgan fingerprint density at radius 3 is 2.52 bits per heavy atom. The molecule has 8 nitrogen and oxygen atoms in total. The van der Waals surface area contributed by atoms with E-state index in [-0.39, 0.29) is 28.6 Å². The number of carbonyl (C=O) groups is 2. The fourth-order valence-electron chi connectivity index (χ4n) is 3.51. The molecule has 1 aliphatic rings. The van der Waals surface area contributed by atoms with Crippen LogP contribution in [0.25, 0.3) is 5.76 Å². The zero-order valence-corrected chi connectivity index (χ0v) is 18.1. The molecule has 1 amide bonds. The first kappa shape index (κ1) is 20.7. The van der Waals surface area contributed by atoms with E-state index in [1.54, 1.807) is 43.3 Å². The summed E-state index contributed by atoms with van der Waals surface area (Å²) in [6.07, 6.45) is 0. The zero-order chi connectivity index (χ0) is 22.3. The number of benzene rings is 2. The summed E-state index contributed by atoms with van der Waals surface area (Å²) in [5, 5.41) is 25.1. The van der Waals surface area contributed by atoms with Crippen molar-refractivity contribution in [2.75, 3.05) is 12.0 Å². The number of carbonyl (C=O) groups excluding carboxylic acids is 2. The van der Waals surface area contributed by atoms with Crippen LogP contribution < -0.4 is 9.64 Å². The first-order valence-electron chi connectivity index (χ1n) is 9.19. The third kappa shape index (κ3) is 3.46. The number of hydrogen-bond acceptors (Lipinski definition) is 7. The number of ketones is 1. The normalized spacial score (nSPS) is 17.9. The molecule has 2 heterocycles. The summed E-state index contributed by atoms with van der Waals surface area (Å²) in [5.41, 5.74) is 0.682. The molecule has 0 bridgehead atoms. The van der Waals surface area contributed by atoms with Crippen molar-refractivity contribution in [1.29, 1.82) is 0 Å². The minimum atomic E-state index is -1.03. The standard InChI is InChI=1S/C22H17BrN2O6/c1-11-8-16(24-31-11)25-18(13-9-14(23)20(27)15(10-13)30-2)17(21(28)22(25)29)19(26)12-6-4-3-5-7-12/h3-10,18,26-27H,1-2H3/t18-/m1/s1. The number of halogens is 1. The van der Waals surface area contributed by atoms with E-state index >= 15 is 0 Å². The third-order valence-corrected chi connectivity index (χ3v) is 5.54. The fourth-order valence-corrected chi connectivity index (χ4v) is 3.97. The smallest absolute Gasteiger partial charge is 0.301 e. The topological polar surface area (TPSA) is 113 Å². The van der Waals surface area contributed by atoms with Crippen molar-refractivity contribution in [3.05, 3.63) is 75.5 Å². The van der Waals surface area contributed by atoms with Gasteiger partial charge in [0.05, 0.1) is 23.2 Å². The Morgan fingerprint density at radius 1 is 1.19 bits per heavy atom. The number of ether oxygens (including phenoxy) is 1. The summed E-state index contributed by atoms with van der Waals surface area (Å²) in [6.45, 7) is 1.66. The van der Waals surface area contributed by atoms with Gasteiger partial charge in [0.15, 0.2) is 17.3 Å². The Balaban J connectivity index is 2.00.